The van der Waals surface area contributed by atoms with Crippen molar-refractivity contribution in [3.05, 3.63) is 29.8 Å². The number of piperidine rings is 1. The van der Waals surface area contributed by atoms with Gasteiger partial charge in [0.2, 0.25) is 0 Å². The van der Waals surface area contributed by atoms with Crippen molar-refractivity contribution in [2.75, 3.05) is 45.6 Å². The van der Waals surface area contributed by atoms with E-state index >= 15 is 0 Å². The number of hydrogen-bond donors (Lipinski definition) is 2. The van der Waals surface area contributed by atoms with Gasteiger partial charge in [-0.25, -0.2) is 9.59 Å². The number of anilines is 1. The molecule has 1 aromatic carbocycles. The van der Waals surface area contributed by atoms with Gasteiger partial charge < -0.3 is 25.3 Å². The van der Waals surface area contributed by atoms with Gasteiger partial charge >= 0.3 is 12.1 Å². The summed E-state index contributed by atoms with van der Waals surface area (Å²) in [6.45, 7) is 3.03. The molecule has 5 amide bonds. The molecule has 3 rings (SSSR count). The molecule has 0 aliphatic carbocycles. The average molecular weight is 387 g/mol. The number of nitrogens with one attached hydrogen (secondary N) is 2. The Hall–Kier alpha value is -2.77. The molecule has 152 valence electrons. The second-order valence-corrected chi connectivity index (χ2v) is 7.62. The number of likely N-dealkylation sites (tertiary alicyclic amines) is 2. The minimum absolute atomic E-state index is 0.0363. The van der Waals surface area contributed by atoms with Crippen LogP contribution in [-0.2, 0) is 0 Å². The lowest BCUT2D eigenvalue weighted by atomic mass is 10.1. The van der Waals surface area contributed by atoms with Gasteiger partial charge in [-0.05, 0) is 43.9 Å². The predicted molar refractivity (Wildman–Crippen MR) is 107 cm³/mol. The molecule has 0 atom stereocenters. The third-order valence-corrected chi connectivity index (χ3v) is 5.25. The lowest BCUT2D eigenvalue weighted by Gasteiger charge is -2.34. The Bertz CT molecular complexity index is 722. The molecule has 2 heterocycles. The first-order valence-corrected chi connectivity index (χ1v) is 9.87. The van der Waals surface area contributed by atoms with Crippen LogP contribution in [0, 0.1) is 0 Å². The van der Waals surface area contributed by atoms with E-state index in [1.807, 2.05) is 9.80 Å². The van der Waals surface area contributed by atoms with Gasteiger partial charge in [0.05, 0.1) is 0 Å². The molecule has 1 aromatic rings. The second kappa shape index (κ2) is 8.95. The van der Waals surface area contributed by atoms with Crippen LogP contribution in [0.15, 0.2) is 24.3 Å². The highest BCUT2D eigenvalue weighted by atomic mass is 16.2. The lowest BCUT2D eigenvalue weighted by molar-refractivity contribution is 0.0827. The smallest absolute Gasteiger partial charge is 0.319 e. The van der Waals surface area contributed by atoms with Crippen LogP contribution in [0.1, 0.15) is 36.0 Å². The van der Waals surface area contributed by atoms with Crippen LogP contribution in [0.4, 0.5) is 15.3 Å². The Labute approximate surface area is 165 Å². The summed E-state index contributed by atoms with van der Waals surface area (Å²) < 4.78 is 0. The Balaban J connectivity index is 1.46. The van der Waals surface area contributed by atoms with Crippen molar-refractivity contribution in [2.45, 2.75) is 31.7 Å². The van der Waals surface area contributed by atoms with E-state index in [0.717, 1.165) is 38.8 Å². The van der Waals surface area contributed by atoms with E-state index in [1.165, 1.54) is 4.90 Å². The predicted octanol–water partition coefficient (Wildman–Crippen LogP) is 2.19. The maximum atomic E-state index is 12.4. The lowest BCUT2D eigenvalue weighted by Crippen LogP contribution is -2.50. The molecular formula is C20H29N5O3. The van der Waals surface area contributed by atoms with Crippen LogP contribution in [0.25, 0.3) is 0 Å². The van der Waals surface area contributed by atoms with Gasteiger partial charge in [0.1, 0.15) is 0 Å². The molecule has 2 aliphatic heterocycles. The molecule has 0 unspecified atom stereocenters. The van der Waals surface area contributed by atoms with Gasteiger partial charge in [0, 0.05) is 57.6 Å². The van der Waals surface area contributed by atoms with Gasteiger partial charge in [0.15, 0.2) is 0 Å². The fraction of sp³-hybridized carbons (Fsp3) is 0.550. The van der Waals surface area contributed by atoms with Gasteiger partial charge in [-0.1, -0.05) is 6.07 Å². The number of rotatable bonds is 3. The molecule has 0 bridgehead atoms. The molecule has 8 nitrogen and oxygen atoms in total. The summed E-state index contributed by atoms with van der Waals surface area (Å²) in [7, 11) is 3.38. The van der Waals surface area contributed by atoms with Crippen LogP contribution in [0.2, 0.25) is 0 Å². The summed E-state index contributed by atoms with van der Waals surface area (Å²) in [4.78, 5) is 42.1. The van der Waals surface area contributed by atoms with Gasteiger partial charge in [-0.15, -0.1) is 0 Å². The van der Waals surface area contributed by atoms with E-state index in [4.69, 9.17) is 0 Å². The zero-order valence-corrected chi connectivity index (χ0v) is 16.6. The van der Waals surface area contributed by atoms with E-state index in [2.05, 4.69) is 10.6 Å². The zero-order valence-electron chi connectivity index (χ0n) is 16.6. The number of nitrogens with zero attached hydrogens (tertiary/aromatic N) is 3. The quantitative estimate of drug-likeness (QED) is 0.834. The molecule has 2 fully saturated rings. The summed E-state index contributed by atoms with van der Waals surface area (Å²) in [6, 6.07) is 6.76. The van der Waals surface area contributed by atoms with Crippen LogP contribution < -0.4 is 10.6 Å². The maximum Gasteiger partial charge on any atom is 0.319 e. The van der Waals surface area contributed by atoms with Crippen molar-refractivity contribution in [2.24, 2.45) is 0 Å². The van der Waals surface area contributed by atoms with Crippen molar-refractivity contribution in [3.63, 3.8) is 0 Å². The topological polar surface area (TPSA) is 85.0 Å². The van der Waals surface area contributed by atoms with E-state index in [0.29, 0.717) is 24.3 Å². The molecule has 0 spiro atoms. The van der Waals surface area contributed by atoms with E-state index < -0.39 is 0 Å². The van der Waals surface area contributed by atoms with Gasteiger partial charge in [-0.2, -0.15) is 0 Å². The van der Waals surface area contributed by atoms with E-state index in [9.17, 15) is 14.4 Å². The summed E-state index contributed by atoms with van der Waals surface area (Å²) in [6.07, 6.45) is 3.66. The highest BCUT2D eigenvalue weighted by Crippen LogP contribution is 2.17. The highest BCUT2D eigenvalue weighted by molar-refractivity contribution is 5.96. The second-order valence-electron chi connectivity index (χ2n) is 7.62. The Kier molecular flexibility index (Phi) is 6.38. The third kappa shape index (κ3) is 4.94. The fourth-order valence-electron chi connectivity index (χ4n) is 3.66. The Morgan fingerprint density at radius 1 is 1.00 bits per heavy atom. The number of hydrogen-bond acceptors (Lipinski definition) is 3. The molecule has 2 aliphatic rings. The number of carbonyl (C=O) groups excluding carboxylic acids is 3. The van der Waals surface area contributed by atoms with Gasteiger partial charge in [0.25, 0.3) is 5.91 Å². The summed E-state index contributed by atoms with van der Waals surface area (Å²) in [5.41, 5.74) is 1.10. The first-order chi connectivity index (χ1) is 13.4. The van der Waals surface area contributed by atoms with Crippen LogP contribution in [0.3, 0.4) is 0 Å². The first-order valence-electron chi connectivity index (χ1n) is 9.87. The highest BCUT2D eigenvalue weighted by Gasteiger charge is 2.28. The Morgan fingerprint density at radius 2 is 1.64 bits per heavy atom. The van der Waals surface area contributed by atoms with Crippen LogP contribution in [-0.4, -0.2) is 79.0 Å². The maximum absolute atomic E-state index is 12.4. The SMILES string of the molecule is CN(C)C(=O)c1cccc(NC(=O)NC2CCN(C(=O)N3CCCC3)CC2)c1. The van der Waals surface area contributed by atoms with Crippen molar-refractivity contribution >= 4 is 23.7 Å². The van der Waals surface area contributed by atoms with E-state index in [1.54, 1.807) is 38.4 Å². The molecule has 2 N–H and O–H groups in total. The molecule has 0 aromatic heterocycles. The summed E-state index contributed by atoms with van der Waals surface area (Å²) in [5.74, 6) is -0.112. The summed E-state index contributed by atoms with van der Waals surface area (Å²) >= 11 is 0. The van der Waals surface area contributed by atoms with Crippen molar-refractivity contribution in [3.8, 4) is 0 Å². The minimum Gasteiger partial charge on any atom is -0.345 e. The average Bonchev–Trinajstić information content (AvgIpc) is 3.22. The standard InChI is InChI=1S/C20H29N5O3/c1-23(2)18(26)15-6-5-7-17(14-15)22-19(27)21-16-8-12-25(13-9-16)20(28)24-10-3-4-11-24/h5-7,14,16H,3-4,8-13H2,1-2H3,(H2,21,22,27). The third-order valence-electron chi connectivity index (χ3n) is 5.25. The largest absolute Gasteiger partial charge is 0.345 e. The van der Waals surface area contributed by atoms with Crippen molar-refractivity contribution in [1.29, 1.82) is 0 Å². The number of benzene rings is 1. The van der Waals surface area contributed by atoms with Crippen molar-refractivity contribution in [1.82, 2.24) is 20.0 Å². The minimum atomic E-state index is -0.293. The zero-order chi connectivity index (χ0) is 20.1. The van der Waals surface area contributed by atoms with Crippen molar-refractivity contribution < 1.29 is 14.4 Å². The fourth-order valence-corrected chi connectivity index (χ4v) is 3.66. The van der Waals surface area contributed by atoms with Crippen LogP contribution >= 0.6 is 0 Å². The number of carbonyl (C=O) groups is 3. The molecule has 0 radical (unpaired) electrons. The molecule has 28 heavy (non-hydrogen) atoms. The van der Waals surface area contributed by atoms with E-state index in [-0.39, 0.29) is 24.0 Å². The molecule has 8 heteroatoms. The number of urea groups is 2. The summed E-state index contributed by atoms with van der Waals surface area (Å²) in [5, 5.41) is 5.76. The Morgan fingerprint density at radius 3 is 2.29 bits per heavy atom. The molecule has 2 saturated heterocycles. The number of amides is 5. The van der Waals surface area contributed by atoms with Crippen LogP contribution in [0.5, 0.6) is 0 Å². The molecular weight excluding hydrogens is 358 g/mol. The molecule has 0 saturated carbocycles. The first kappa shape index (κ1) is 20.0. The normalized spacial score (nSPS) is 17.4. The monoisotopic (exact) mass is 387 g/mol. The van der Waals surface area contributed by atoms with Gasteiger partial charge in [-0.3, -0.25) is 4.79 Å².